The number of rotatable bonds is 3. The minimum absolute atomic E-state index is 0.380. The minimum Gasteiger partial charge on any atom is -0.378 e. The average Bonchev–Trinajstić information content (AvgIpc) is 2.65. The van der Waals surface area contributed by atoms with Gasteiger partial charge in [-0.05, 0) is 38.5 Å². The molecule has 2 atom stereocenters. The zero-order chi connectivity index (χ0) is 13.5. The van der Waals surface area contributed by atoms with E-state index in [4.69, 9.17) is 10.5 Å². The molecule has 2 aliphatic rings. The molecule has 2 unspecified atom stereocenters. The molecule has 0 radical (unpaired) electrons. The van der Waals surface area contributed by atoms with Crippen LogP contribution in [-0.2, 0) is 4.74 Å². The van der Waals surface area contributed by atoms with Crippen molar-refractivity contribution in [2.24, 2.45) is 16.6 Å². The molecule has 1 heterocycles. The first-order chi connectivity index (χ1) is 9.24. The lowest BCUT2D eigenvalue weighted by atomic mass is 9.96. The van der Waals surface area contributed by atoms with Crippen molar-refractivity contribution in [2.75, 3.05) is 13.2 Å². The predicted molar refractivity (Wildman–Crippen MR) is 79.3 cm³/mol. The van der Waals surface area contributed by atoms with Crippen molar-refractivity contribution in [3.8, 4) is 0 Å². The lowest BCUT2D eigenvalue weighted by Gasteiger charge is -2.26. The molecule has 1 saturated heterocycles. The van der Waals surface area contributed by atoms with Gasteiger partial charge in [-0.2, -0.15) is 0 Å². The van der Waals surface area contributed by atoms with Gasteiger partial charge in [0.2, 0.25) is 0 Å². The number of hydrogen-bond donors (Lipinski definition) is 2. The van der Waals surface area contributed by atoms with Gasteiger partial charge in [0.25, 0.3) is 0 Å². The molecule has 110 valence electrons. The van der Waals surface area contributed by atoms with Crippen LogP contribution < -0.4 is 11.1 Å². The maximum atomic E-state index is 6.02. The van der Waals surface area contributed by atoms with Gasteiger partial charge in [-0.15, -0.1) is 0 Å². The summed E-state index contributed by atoms with van der Waals surface area (Å²) >= 11 is 0. The molecule has 0 aromatic rings. The van der Waals surface area contributed by atoms with Crippen molar-refractivity contribution in [2.45, 2.75) is 70.4 Å². The number of hydrogen-bond acceptors (Lipinski definition) is 2. The van der Waals surface area contributed by atoms with Crippen molar-refractivity contribution in [1.29, 1.82) is 0 Å². The van der Waals surface area contributed by atoms with Crippen molar-refractivity contribution < 1.29 is 4.74 Å². The highest BCUT2D eigenvalue weighted by Gasteiger charge is 2.19. The van der Waals surface area contributed by atoms with Crippen LogP contribution in [-0.4, -0.2) is 31.3 Å². The van der Waals surface area contributed by atoms with Gasteiger partial charge >= 0.3 is 0 Å². The number of ether oxygens (including phenoxy) is 1. The zero-order valence-electron chi connectivity index (χ0n) is 12.2. The average molecular weight is 267 g/mol. The molecule has 0 amide bonds. The maximum Gasteiger partial charge on any atom is 0.188 e. The third kappa shape index (κ3) is 5.39. The Balaban J connectivity index is 1.72. The molecule has 1 aliphatic heterocycles. The smallest absolute Gasteiger partial charge is 0.188 e. The van der Waals surface area contributed by atoms with E-state index in [1.807, 2.05) is 0 Å². The Morgan fingerprint density at radius 3 is 2.63 bits per heavy atom. The van der Waals surface area contributed by atoms with Crippen LogP contribution in [0.5, 0.6) is 0 Å². The Labute approximate surface area is 117 Å². The Morgan fingerprint density at radius 1 is 1.21 bits per heavy atom. The molecule has 0 aromatic heterocycles. The molecule has 0 spiro atoms. The maximum absolute atomic E-state index is 6.02. The molecule has 3 N–H and O–H groups in total. The van der Waals surface area contributed by atoms with Gasteiger partial charge in [0, 0.05) is 19.2 Å². The van der Waals surface area contributed by atoms with Gasteiger partial charge in [0.1, 0.15) is 0 Å². The van der Waals surface area contributed by atoms with Crippen LogP contribution in [0.1, 0.15) is 58.3 Å². The fourth-order valence-electron chi connectivity index (χ4n) is 3.16. The molecular weight excluding hydrogens is 238 g/mol. The van der Waals surface area contributed by atoms with Gasteiger partial charge < -0.3 is 15.8 Å². The lowest BCUT2D eigenvalue weighted by Crippen LogP contribution is -2.40. The number of guanidine groups is 1. The first-order valence-corrected chi connectivity index (χ1v) is 7.92. The quantitative estimate of drug-likeness (QED) is 0.469. The van der Waals surface area contributed by atoms with Crippen LogP contribution >= 0.6 is 0 Å². The summed E-state index contributed by atoms with van der Waals surface area (Å²) in [5, 5.41) is 3.41. The fraction of sp³-hybridized carbons (Fsp3) is 0.933. The highest BCUT2D eigenvalue weighted by Crippen LogP contribution is 2.20. The summed E-state index contributed by atoms with van der Waals surface area (Å²) in [5.74, 6) is 1.28. The molecule has 1 saturated carbocycles. The largest absolute Gasteiger partial charge is 0.378 e. The summed E-state index contributed by atoms with van der Waals surface area (Å²) in [6, 6.07) is 0.542. The highest BCUT2D eigenvalue weighted by atomic mass is 16.5. The first kappa shape index (κ1) is 14.6. The molecule has 19 heavy (non-hydrogen) atoms. The standard InChI is InChI=1S/C15H29N3O/c1-12-10-13(8-9-19-12)11-17-15(16)18-14-6-4-2-3-5-7-14/h12-14H,2-11H2,1H3,(H3,16,17,18). The molecular formula is C15H29N3O. The summed E-state index contributed by atoms with van der Waals surface area (Å²) in [4.78, 5) is 4.53. The van der Waals surface area contributed by atoms with Crippen molar-refractivity contribution in [1.82, 2.24) is 5.32 Å². The second kappa shape index (κ2) is 7.73. The SMILES string of the molecule is CC1CC(CN=C(N)NC2CCCCCC2)CCO1. The normalized spacial score (nSPS) is 30.9. The van der Waals surface area contributed by atoms with Crippen LogP contribution in [0, 0.1) is 5.92 Å². The van der Waals surface area contributed by atoms with E-state index in [1.165, 1.54) is 38.5 Å². The molecule has 4 heteroatoms. The fourth-order valence-corrected chi connectivity index (χ4v) is 3.16. The third-order valence-corrected chi connectivity index (χ3v) is 4.32. The molecule has 1 aliphatic carbocycles. The van der Waals surface area contributed by atoms with E-state index in [1.54, 1.807) is 0 Å². The van der Waals surface area contributed by atoms with Crippen LogP contribution in [0.25, 0.3) is 0 Å². The molecule has 2 fully saturated rings. The van der Waals surface area contributed by atoms with Gasteiger partial charge in [-0.1, -0.05) is 25.7 Å². The van der Waals surface area contributed by atoms with E-state index >= 15 is 0 Å². The van der Waals surface area contributed by atoms with E-state index < -0.39 is 0 Å². The molecule has 0 aromatic carbocycles. The molecule has 4 nitrogen and oxygen atoms in total. The summed E-state index contributed by atoms with van der Waals surface area (Å²) in [6.45, 7) is 3.86. The predicted octanol–water partition coefficient (Wildman–Crippen LogP) is 2.43. The summed E-state index contributed by atoms with van der Waals surface area (Å²) in [7, 11) is 0. The van der Waals surface area contributed by atoms with E-state index in [9.17, 15) is 0 Å². The topological polar surface area (TPSA) is 59.6 Å². The second-order valence-corrected chi connectivity index (χ2v) is 6.13. The van der Waals surface area contributed by atoms with Gasteiger partial charge in [0.15, 0.2) is 5.96 Å². The van der Waals surface area contributed by atoms with Crippen molar-refractivity contribution in [3.05, 3.63) is 0 Å². The van der Waals surface area contributed by atoms with E-state index in [2.05, 4.69) is 17.2 Å². The van der Waals surface area contributed by atoms with E-state index in [-0.39, 0.29) is 0 Å². The van der Waals surface area contributed by atoms with Crippen molar-refractivity contribution >= 4 is 5.96 Å². The monoisotopic (exact) mass is 267 g/mol. The van der Waals surface area contributed by atoms with Crippen LogP contribution in [0.4, 0.5) is 0 Å². The number of nitrogens with two attached hydrogens (primary N) is 1. The number of aliphatic imine (C=N–C) groups is 1. The van der Waals surface area contributed by atoms with Gasteiger partial charge in [-0.3, -0.25) is 4.99 Å². The summed E-state index contributed by atoms with van der Waals surface area (Å²) < 4.78 is 5.55. The Morgan fingerprint density at radius 2 is 1.95 bits per heavy atom. The Bertz CT molecular complexity index is 285. The number of nitrogens with zero attached hydrogens (tertiary/aromatic N) is 1. The van der Waals surface area contributed by atoms with Crippen LogP contribution in [0.3, 0.4) is 0 Å². The molecule has 0 bridgehead atoms. The third-order valence-electron chi connectivity index (χ3n) is 4.32. The summed E-state index contributed by atoms with van der Waals surface area (Å²) in [5.41, 5.74) is 6.02. The van der Waals surface area contributed by atoms with Crippen LogP contribution in [0.15, 0.2) is 4.99 Å². The zero-order valence-corrected chi connectivity index (χ0v) is 12.2. The second-order valence-electron chi connectivity index (χ2n) is 6.13. The van der Waals surface area contributed by atoms with Crippen LogP contribution in [0.2, 0.25) is 0 Å². The lowest BCUT2D eigenvalue weighted by molar-refractivity contribution is 0.00480. The highest BCUT2D eigenvalue weighted by molar-refractivity contribution is 5.78. The molecule has 2 rings (SSSR count). The Kier molecular flexibility index (Phi) is 5.95. The van der Waals surface area contributed by atoms with E-state index in [0.717, 1.165) is 26.0 Å². The summed E-state index contributed by atoms with van der Waals surface area (Å²) in [6.07, 6.45) is 10.5. The van der Waals surface area contributed by atoms with Gasteiger partial charge in [-0.25, -0.2) is 0 Å². The van der Waals surface area contributed by atoms with Crippen molar-refractivity contribution in [3.63, 3.8) is 0 Å². The minimum atomic E-state index is 0.380. The first-order valence-electron chi connectivity index (χ1n) is 7.92. The number of nitrogens with one attached hydrogen (secondary N) is 1. The Hall–Kier alpha value is -0.770. The van der Waals surface area contributed by atoms with E-state index in [0.29, 0.717) is 24.0 Å². The van der Waals surface area contributed by atoms with Gasteiger partial charge in [0.05, 0.1) is 6.10 Å².